The fourth-order valence-corrected chi connectivity index (χ4v) is 3.02. The first-order valence-corrected chi connectivity index (χ1v) is 5.86. The van der Waals surface area contributed by atoms with Crippen LogP contribution >= 0.6 is 0 Å². The highest BCUT2D eigenvalue weighted by molar-refractivity contribution is 7.91. The molecule has 12 heavy (non-hydrogen) atoms. The van der Waals surface area contributed by atoms with E-state index >= 15 is 0 Å². The molecule has 72 valence electrons. The quantitative estimate of drug-likeness (QED) is 0.599. The molecule has 0 amide bonds. The fourth-order valence-electron chi connectivity index (χ4n) is 1.42. The predicted molar refractivity (Wildman–Crippen MR) is 46.8 cm³/mol. The predicted octanol–water partition coefficient (Wildman–Crippen LogP) is -0.854. The molecular formula is C7H15NO3S. The van der Waals surface area contributed by atoms with Gasteiger partial charge in [-0.05, 0) is 19.9 Å². The van der Waals surface area contributed by atoms with Gasteiger partial charge in [0.15, 0.2) is 0 Å². The van der Waals surface area contributed by atoms with Gasteiger partial charge >= 0.3 is 0 Å². The largest absolute Gasteiger partial charge is 0.394 e. The molecule has 0 radical (unpaired) electrons. The smallest absolute Gasteiger partial charge is 0.150 e. The van der Waals surface area contributed by atoms with Crippen molar-refractivity contribution >= 4 is 9.84 Å². The second-order valence-corrected chi connectivity index (χ2v) is 5.64. The molecule has 1 saturated heterocycles. The highest BCUT2D eigenvalue weighted by Crippen LogP contribution is 2.22. The summed E-state index contributed by atoms with van der Waals surface area (Å²) < 4.78 is 22.1. The zero-order chi connectivity index (χ0) is 9.24. The molecule has 2 N–H and O–H groups in total. The molecule has 0 atom stereocenters. The van der Waals surface area contributed by atoms with Crippen molar-refractivity contribution in [3.8, 4) is 0 Å². The van der Waals surface area contributed by atoms with Crippen molar-refractivity contribution in [1.29, 1.82) is 0 Å². The van der Waals surface area contributed by atoms with Crippen LogP contribution in [-0.2, 0) is 9.84 Å². The van der Waals surface area contributed by atoms with Gasteiger partial charge < -0.3 is 10.4 Å². The van der Waals surface area contributed by atoms with Crippen LogP contribution in [0.1, 0.15) is 12.8 Å². The van der Waals surface area contributed by atoms with Crippen molar-refractivity contribution in [3.63, 3.8) is 0 Å². The Bertz CT molecular complexity index is 227. The Labute approximate surface area is 72.9 Å². The standard InChI is InChI=1S/C7H15NO3S/c1-8-7(6-9)2-4-12(10,11)5-3-7/h8-9H,2-6H2,1H3. The van der Waals surface area contributed by atoms with E-state index in [9.17, 15) is 8.42 Å². The molecule has 0 unspecified atom stereocenters. The zero-order valence-corrected chi connectivity index (χ0v) is 8.02. The van der Waals surface area contributed by atoms with E-state index in [4.69, 9.17) is 5.11 Å². The zero-order valence-electron chi connectivity index (χ0n) is 7.21. The van der Waals surface area contributed by atoms with Gasteiger partial charge in [-0.3, -0.25) is 0 Å². The second-order valence-electron chi connectivity index (χ2n) is 3.34. The van der Waals surface area contributed by atoms with Gasteiger partial charge in [-0.15, -0.1) is 0 Å². The highest BCUT2D eigenvalue weighted by Gasteiger charge is 2.35. The summed E-state index contributed by atoms with van der Waals surface area (Å²) in [5.41, 5.74) is -0.356. The Kier molecular flexibility index (Phi) is 2.75. The van der Waals surface area contributed by atoms with Crippen molar-refractivity contribution in [1.82, 2.24) is 5.32 Å². The SMILES string of the molecule is CNC1(CO)CCS(=O)(=O)CC1. The van der Waals surface area contributed by atoms with E-state index in [-0.39, 0.29) is 23.7 Å². The minimum Gasteiger partial charge on any atom is -0.394 e. The molecule has 4 nitrogen and oxygen atoms in total. The van der Waals surface area contributed by atoms with Crippen LogP contribution in [0.5, 0.6) is 0 Å². The molecule has 0 aromatic heterocycles. The van der Waals surface area contributed by atoms with E-state index < -0.39 is 9.84 Å². The molecule has 1 aliphatic heterocycles. The number of likely N-dealkylation sites (N-methyl/N-ethyl adjacent to an activating group) is 1. The van der Waals surface area contributed by atoms with Gasteiger partial charge in [0, 0.05) is 5.54 Å². The average Bonchev–Trinajstić information content (AvgIpc) is 2.06. The number of nitrogens with one attached hydrogen (secondary N) is 1. The number of sulfone groups is 1. The van der Waals surface area contributed by atoms with Crippen LogP contribution in [0.3, 0.4) is 0 Å². The van der Waals surface area contributed by atoms with Gasteiger partial charge in [0.2, 0.25) is 0 Å². The van der Waals surface area contributed by atoms with Crippen LogP contribution in [-0.4, -0.2) is 44.2 Å². The van der Waals surface area contributed by atoms with Gasteiger partial charge in [-0.1, -0.05) is 0 Å². The van der Waals surface area contributed by atoms with E-state index in [1.165, 1.54) is 0 Å². The lowest BCUT2D eigenvalue weighted by atomic mass is 9.94. The molecule has 1 fully saturated rings. The Balaban J connectivity index is 2.66. The first-order valence-electron chi connectivity index (χ1n) is 4.04. The summed E-state index contributed by atoms with van der Waals surface area (Å²) in [6, 6.07) is 0. The molecule has 0 spiro atoms. The molecule has 1 rings (SSSR count). The van der Waals surface area contributed by atoms with E-state index in [0.29, 0.717) is 12.8 Å². The normalized spacial score (nSPS) is 26.8. The minimum absolute atomic E-state index is 0.0129. The number of aliphatic hydroxyl groups is 1. The molecule has 5 heteroatoms. The molecule has 0 bridgehead atoms. The molecule has 0 aliphatic carbocycles. The van der Waals surface area contributed by atoms with Crippen molar-refractivity contribution in [2.45, 2.75) is 18.4 Å². The molecule has 1 heterocycles. The Morgan fingerprint density at radius 2 is 1.92 bits per heavy atom. The van der Waals surface area contributed by atoms with E-state index in [1.807, 2.05) is 0 Å². The van der Waals surface area contributed by atoms with Crippen LogP contribution in [0.2, 0.25) is 0 Å². The van der Waals surface area contributed by atoms with Crippen molar-refractivity contribution in [2.24, 2.45) is 0 Å². The van der Waals surface area contributed by atoms with Crippen molar-refractivity contribution < 1.29 is 13.5 Å². The van der Waals surface area contributed by atoms with Crippen LogP contribution in [0, 0.1) is 0 Å². The third kappa shape index (κ3) is 1.97. The van der Waals surface area contributed by atoms with E-state index in [0.717, 1.165) is 0 Å². The summed E-state index contributed by atoms with van der Waals surface area (Å²) in [6.45, 7) is 0.0129. The highest BCUT2D eigenvalue weighted by atomic mass is 32.2. The Morgan fingerprint density at radius 3 is 2.25 bits per heavy atom. The maximum atomic E-state index is 11.1. The third-order valence-corrected chi connectivity index (χ3v) is 4.27. The number of hydrogen-bond acceptors (Lipinski definition) is 4. The van der Waals surface area contributed by atoms with Crippen LogP contribution in [0.15, 0.2) is 0 Å². The molecular weight excluding hydrogens is 178 g/mol. The summed E-state index contributed by atoms with van der Waals surface area (Å²) in [5.74, 6) is 0.378. The lowest BCUT2D eigenvalue weighted by molar-refractivity contribution is 0.157. The maximum absolute atomic E-state index is 11.1. The number of aliphatic hydroxyl groups excluding tert-OH is 1. The number of hydrogen-bond donors (Lipinski definition) is 2. The number of rotatable bonds is 2. The first-order chi connectivity index (χ1) is 5.54. The molecule has 0 saturated carbocycles. The third-order valence-electron chi connectivity index (χ3n) is 2.62. The first kappa shape index (κ1) is 9.95. The second kappa shape index (κ2) is 3.32. The van der Waals surface area contributed by atoms with Gasteiger partial charge in [0.25, 0.3) is 0 Å². The lowest BCUT2D eigenvalue weighted by Gasteiger charge is -2.34. The maximum Gasteiger partial charge on any atom is 0.150 e. The Hall–Kier alpha value is -0.130. The summed E-state index contributed by atoms with van der Waals surface area (Å²) in [4.78, 5) is 0. The molecule has 1 aliphatic rings. The average molecular weight is 193 g/mol. The van der Waals surface area contributed by atoms with Crippen molar-refractivity contribution in [3.05, 3.63) is 0 Å². The lowest BCUT2D eigenvalue weighted by Crippen LogP contribution is -2.51. The van der Waals surface area contributed by atoms with E-state index in [1.54, 1.807) is 7.05 Å². The van der Waals surface area contributed by atoms with Gasteiger partial charge in [0.1, 0.15) is 9.84 Å². The van der Waals surface area contributed by atoms with Gasteiger partial charge in [0.05, 0.1) is 18.1 Å². The molecule has 0 aromatic carbocycles. The summed E-state index contributed by atoms with van der Waals surface area (Å²) in [6.07, 6.45) is 1.03. The summed E-state index contributed by atoms with van der Waals surface area (Å²) in [5, 5.41) is 12.0. The van der Waals surface area contributed by atoms with E-state index in [2.05, 4.69) is 5.32 Å². The topological polar surface area (TPSA) is 66.4 Å². The van der Waals surface area contributed by atoms with Crippen molar-refractivity contribution in [2.75, 3.05) is 25.2 Å². The monoisotopic (exact) mass is 193 g/mol. The van der Waals surface area contributed by atoms with Gasteiger partial charge in [-0.25, -0.2) is 8.42 Å². The van der Waals surface area contributed by atoms with Crippen LogP contribution in [0.25, 0.3) is 0 Å². The van der Waals surface area contributed by atoms with Crippen LogP contribution < -0.4 is 5.32 Å². The summed E-state index contributed by atoms with van der Waals surface area (Å²) >= 11 is 0. The van der Waals surface area contributed by atoms with Gasteiger partial charge in [-0.2, -0.15) is 0 Å². The minimum atomic E-state index is -2.83. The van der Waals surface area contributed by atoms with Crippen LogP contribution in [0.4, 0.5) is 0 Å². The molecule has 0 aromatic rings. The Morgan fingerprint density at radius 1 is 1.42 bits per heavy atom. The summed E-state index contributed by atoms with van der Waals surface area (Å²) in [7, 11) is -1.07. The fraction of sp³-hybridized carbons (Fsp3) is 1.00.